The van der Waals surface area contributed by atoms with Gasteiger partial charge in [0.2, 0.25) is 0 Å². The number of hydrogen-bond donors (Lipinski definition) is 1. The molecule has 2 aromatic heterocycles. The molecule has 10 heteroatoms. The first-order valence-corrected chi connectivity index (χ1v) is 9.15. The maximum atomic E-state index is 12.4. The summed E-state index contributed by atoms with van der Waals surface area (Å²) in [7, 11) is 1.28. The number of fused-ring (bicyclic) bond motifs is 1. The molecule has 144 valence electrons. The molecule has 0 aromatic carbocycles. The molecule has 0 unspecified atom stereocenters. The molecule has 0 saturated carbocycles. The Hall–Kier alpha value is -2.88. The number of esters is 1. The summed E-state index contributed by atoms with van der Waals surface area (Å²) in [5.41, 5.74) is 1.21. The Labute approximate surface area is 159 Å². The van der Waals surface area contributed by atoms with Crippen molar-refractivity contribution >= 4 is 34.3 Å². The van der Waals surface area contributed by atoms with Crippen molar-refractivity contribution in [1.29, 1.82) is 0 Å². The largest absolute Gasteiger partial charge is 0.465 e. The molecule has 1 aliphatic heterocycles. The highest BCUT2D eigenvalue weighted by atomic mass is 32.1. The summed E-state index contributed by atoms with van der Waals surface area (Å²) in [5.74, 6) is -0.523. The molecule has 1 N–H and O–H groups in total. The standard InChI is InChI=1S/C17H19N3O6S/c1-4-25-17(23)20-6-5-10-12(8-20)27-15(13(10)16(22)24-3)18-14(21)11-7-9(2)26-19-11/h7H,4-6,8H2,1-3H3,(H,18,21). The van der Waals surface area contributed by atoms with Gasteiger partial charge in [-0.15, -0.1) is 11.3 Å². The molecule has 0 spiro atoms. The smallest absolute Gasteiger partial charge is 0.410 e. The van der Waals surface area contributed by atoms with Crippen LogP contribution in [0.4, 0.5) is 9.80 Å². The summed E-state index contributed by atoms with van der Waals surface area (Å²) in [6.45, 7) is 4.44. The second kappa shape index (κ2) is 7.78. The first-order valence-electron chi connectivity index (χ1n) is 8.33. The fraction of sp³-hybridized carbons (Fsp3) is 0.412. The third kappa shape index (κ3) is 3.80. The molecule has 3 heterocycles. The van der Waals surface area contributed by atoms with Gasteiger partial charge >= 0.3 is 12.1 Å². The van der Waals surface area contributed by atoms with E-state index in [1.54, 1.807) is 18.7 Å². The van der Waals surface area contributed by atoms with Gasteiger partial charge in [-0.05, 0) is 25.8 Å². The zero-order valence-corrected chi connectivity index (χ0v) is 16.0. The number of carbonyl (C=O) groups excluding carboxylic acids is 3. The average Bonchev–Trinajstić information content (AvgIpc) is 3.23. The van der Waals surface area contributed by atoms with Gasteiger partial charge in [-0.1, -0.05) is 5.16 Å². The van der Waals surface area contributed by atoms with Crippen molar-refractivity contribution in [3.05, 3.63) is 33.5 Å². The fourth-order valence-corrected chi connectivity index (χ4v) is 4.07. The maximum Gasteiger partial charge on any atom is 0.410 e. The molecule has 0 fully saturated rings. The molecule has 2 aromatic rings. The molecule has 27 heavy (non-hydrogen) atoms. The summed E-state index contributed by atoms with van der Waals surface area (Å²) < 4.78 is 14.8. The number of thiophene rings is 1. The lowest BCUT2D eigenvalue weighted by Crippen LogP contribution is -2.36. The number of carbonyl (C=O) groups is 3. The Morgan fingerprint density at radius 3 is 2.81 bits per heavy atom. The highest BCUT2D eigenvalue weighted by Gasteiger charge is 2.31. The van der Waals surface area contributed by atoms with Crippen molar-refractivity contribution in [3.63, 3.8) is 0 Å². The Kier molecular flexibility index (Phi) is 5.45. The number of hydrogen-bond acceptors (Lipinski definition) is 8. The third-order valence-corrected chi connectivity index (χ3v) is 5.19. The van der Waals surface area contributed by atoms with Gasteiger partial charge in [-0.25, -0.2) is 9.59 Å². The van der Waals surface area contributed by atoms with Gasteiger partial charge in [0, 0.05) is 17.5 Å². The number of aryl methyl sites for hydroxylation is 1. The van der Waals surface area contributed by atoms with Gasteiger partial charge in [-0.2, -0.15) is 0 Å². The van der Waals surface area contributed by atoms with Crippen molar-refractivity contribution < 1.29 is 28.4 Å². The number of aromatic nitrogens is 1. The van der Waals surface area contributed by atoms with Crippen LogP contribution in [-0.4, -0.2) is 48.3 Å². The van der Waals surface area contributed by atoms with E-state index in [0.717, 1.165) is 10.4 Å². The van der Waals surface area contributed by atoms with Crippen LogP contribution in [0.15, 0.2) is 10.6 Å². The average molecular weight is 393 g/mol. The quantitative estimate of drug-likeness (QED) is 0.795. The summed E-state index contributed by atoms with van der Waals surface area (Å²) in [4.78, 5) is 39.1. The van der Waals surface area contributed by atoms with Gasteiger partial charge in [0.25, 0.3) is 5.91 Å². The second-order valence-corrected chi connectivity index (χ2v) is 6.95. The lowest BCUT2D eigenvalue weighted by atomic mass is 10.0. The van der Waals surface area contributed by atoms with Crippen LogP contribution >= 0.6 is 11.3 Å². The van der Waals surface area contributed by atoms with E-state index in [1.807, 2.05) is 0 Å². The molecule has 3 rings (SSSR count). The normalized spacial score (nSPS) is 13.1. The molecular weight excluding hydrogens is 374 g/mol. The monoisotopic (exact) mass is 393 g/mol. The number of ether oxygens (including phenoxy) is 2. The van der Waals surface area contributed by atoms with E-state index >= 15 is 0 Å². The number of methoxy groups -OCH3 is 1. The van der Waals surface area contributed by atoms with Crippen LogP contribution < -0.4 is 5.32 Å². The van der Waals surface area contributed by atoms with Crippen LogP contribution in [0, 0.1) is 6.92 Å². The highest BCUT2D eigenvalue weighted by molar-refractivity contribution is 7.17. The molecule has 0 radical (unpaired) electrons. The third-order valence-electron chi connectivity index (χ3n) is 4.06. The van der Waals surface area contributed by atoms with E-state index in [9.17, 15) is 14.4 Å². The lowest BCUT2D eigenvalue weighted by molar-refractivity contribution is 0.0600. The van der Waals surface area contributed by atoms with Gasteiger partial charge in [0.15, 0.2) is 5.69 Å². The van der Waals surface area contributed by atoms with Crippen LogP contribution in [0.25, 0.3) is 0 Å². The van der Waals surface area contributed by atoms with Gasteiger partial charge in [0.1, 0.15) is 10.8 Å². The number of nitrogens with zero attached hydrogens (tertiary/aromatic N) is 2. The van der Waals surface area contributed by atoms with Crippen LogP contribution in [0.5, 0.6) is 0 Å². The number of nitrogens with one attached hydrogen (secondary N) is 1. The molecule has 9 nitrogen and oxygen atoms in total. The summed E-state index contributed by atoms with van der Waals surface area (Å²) in [5, 5.41) is 6.74. The van der Waals surface area contributed by atoms with E-state index in [0.29, 0.717) is 42.4 Å². The Balaban J connectivity index is 1.89. The number of rotatable bonds is 4. The zero-order chi connectivity index (χ0) is 19.6. The van der Waals surface area contributed by atoms with Crippen molar-refractivity contribution in [2.75, 3.05) is 25.6 Å². The van der Waals surface area contributed by atoms with E-state index in [2.05, 4.69) is 10.5 Å². The summed E-state index contributed by atoms with van der Waals surface area (Å²) in [6, 6.07) is 1.50. The molecule has 0 aliphatic carbocycles. The minimum absolute atomic E-state index is 0.114. The maximum absolute atomic E-state index is 12.4. The van der Waals surface area contributed by atoms with Crippen molar-refractivity contribution in [2.24, 2.45) is 0 Å². The van der Waals surface area contributed by atoms with E-state index in [-0.39, 0.29) is 5.69 Å². The second-order valence-electron chi connectivity index (χ2n) is 5.85. The molecule has 0 atom stereocenters. The van der Waals surface area contributed by atoms with Gasteiger partial charge in [-0.3, -0.25) is 4.79 Å². The number of anilines is 1. The van der Waals surface area contributed by atoms with E-state index < -0.39 is 18.0 Å². The minimum Gasteiger partial charge on any atom is -0.465 e. The van der Waals surface area contributed by atoms with Crippen molar-refractivity contribution in [1.82, 2.24) is 10.1 Å². The zero-order valence-electron chi connectivity index (χ0n) is 15.2. The summed E-state index contributed by atoms with van der Waals surface area (Å²) >= 11 is 1.23. The molecule has 1 aliphatic rings. The Morgan fingerprint density at radius 2 is 2.19 bits per heavy atom. The predicted molar refractivity (Wildman–Crippen MR) is 96.0 cm³/mol. The summed E-state index contributed by atoms with van der Waals surface area (Å²) in [6.07, 6.45) is 0.0634. The minimum atomic E-state index is -0.538. The first kappa shape index (κ1) is 18.9. The van der Waals surface area contributed by atoms with Gasteiger partial charge < -0.3 is 24.2 Å². The molecule has 0 saturated heterocycles. The van der Waals surface area contributed by atoms with Crippen LogP contribution in [0.1, 0.15) is 44.0 Å². The highest BCUT2D eigenvalue weighted by Crippen LogP contribution is 2.38. The topological polar surface area (TPSA) is 111 Å². The van der Waals surface area contributed by atoms with Crippen LogP contribution in [0.2, 0.25) is 0 Å². The lowest BCUT2D eigenvalue weighted by Gasteiger charge is -2.26. The molecular formula is C17H19N3O6S. The Morgan fingerprint density at radius 1 is 1.41 bits per heavy atom. The van der Waals surface area contributed by atoms with Crippen LogP contribution in [-0.2, 0) is 22.4 Å². The SMILES string of the molecule is CCOC(=O)N1CCc2c(sc(NC(=O)c3cc(C)on3)c2C(=O)OC)C1. The first-order chi connectivity index (χ1) is 12.9. The molecule has 0 bridgehead atoms. The fourth-order valence-electron chi connectivity index (χ4n) is 2.82. The van der Waals surface area contributed by atoms with Gasteiger partial charge in [0.05, 0.1) is 25.8 Å². The molecule has 2 amide bonds. The van der Waals surface area contributed by atoms with E-state index in [4.69, 9.17) is 14.0 Å². The van der Waals surface area contributed by atoms with Crippen molar-refractivity contribution in [3.8, 4) is 0 Å². The van der Waals surface area contributed by atoms with Crippen LogP contribution in [0.3, 0.4) is 0 Å². The van der Waals surface area contributed by atoms with E-state index in [1.165, 1.54) is 24.5 Å². The Bertz CT molecular complexity index is 887. The number of amides is 2. The van der Waals surface area contributed by atoms with Crippen molar-refractivity contribution in [2.45, 2.75) is 26.8 Å². The predicted octanol–water partition coefficient (Wildman–Crippen LogP) is 2.60.